The van der Waals surface area contributed by atoms with Gasteiger partial charge in [0.25, 0.3) is 0 Å². The van der Waals surface area contributed by atoms with Crippen LogP contribution in [0, 0.1) is 0 Å². The number of likely N-dealkylation sites (N-methyl/N-ethyl adjacent to an activating group) is 2. The molecule has 0 N–H and O–H groups in total. The zero-order valence-electron chi connectivity index (χ0n) is 24.0. The number of fused-ring (bicyclic) bond motifs is 2. The van der Waals surface area contributed by atoms with Gasteiger partial charge in [0.15, 0.2) is 0 Å². The van der Waals surface area contributed by atoms with Crippen LogP contribution in [0.3, 0.4) is 0 Å². The standard InChI is InChI=1S/C30H44N6O2P2/c1-31(39(37)33-21-11-17-27(33)23-35(39)25-13-5-3-6-14-25)29-19-9-10-20-30(29)32(2)40(38)34-22-12-18-28(34)24-36(40)26-15-7-4-8-16-26/h3-8,13-16,27-30H,9-12,17-24H2,1-2H3/t27-,28-,29+,30+,39?,40?/m0/s1. The molecular formula is C30H44N6O2P2. The molecule has 7 rings (SSSR count). The summed E-state index contributed by atoms with van der Waals surface area (Å²) in [6.45, 7) is 3.40. The molecule has 1 saturated carbocycles. The normalized spacial score (nSPS) is 36.6. The van der Waals surface area contributed by atoms with Crippen molar-refractivity contribution in [1.29, 1.82) is 0 Å². The van der Waals surface area contributed by atoms with Crippen LogP contribution in [0.1, 0.15) is 51.4 Å². The number of anilines is 2. The number of hydrogen-bond acceptors (Lipinski definition) is 2. The third kappa shape index (κ3) is 4.09. The molecule has 0 spiro atoms. The van der Waals surface area contributed by atoms with Crippen molar-refractivity contribution >= 4 is 26.6 Å². The van der Waals surface area contributed by atoms with E-state index in [0.717, 1.165) is 88.9 Å². The van der Waals surface area contributed by atoms with Crippen LogP contribution in [0.25, 0.3) is 0 Å². The van der Waals surface area contributed by atoms with E-state index in [0.29, 0.717) is 12.1 Å². The maximum absolute atomic E-state index is 15.5. The van der Waals surface area contributed by atoms with Crippen LogP contribution in [-0.2, 0) is 9.13 Å². The fraction of sp³-hybridized carbons (Fsp3) is 0.600. The van der Waals surface area contributed by atoms with E-state index >= 15 is 9.13 Å². The molecule has 40 heavy (non-hydrogen) atoms. The molecule has 216 valence electrons. The Hall–Kier alpha value is -1.66. The van der Waals surface area contributed by atoms with Gasteiger partial charge in [-0.25, -0.2) is 18.7 Å². The van der Waals surface area contributed by atoms with Crippen molar-refractivity contribution in [2.24, 2.45) is 0 Å². The lowest BCUT2D eigenvalue weighted by Gasteiger charge is -2.49. The summed E-state index contributed by atoms with van der Waals surface area (Å²) in [5.41, 5.74) is 2.10. The fourth-order valence-electron chi connectivity index (χ4n) is 8.35. The summed E-state index contributed by atoms with van der Waals surface area (Å²) in [7, 11) is -1.86. The molecular weight excluding hydrogens is 538 g/mol. The molecule has 2 aromatic rings. The summed E-state index contributed by atoms with van der Waals surface area (Å²) in [5, 5.41) is 0. The van der Waals surface area contributed by atoms with E-state index in [2.05, 4.69) is 90.6 Å². The highest BCUT2D eigenvalue weighted by Crippen LogP contribution is 2.68. The Morgan fingerprint density at radius 1 is 0.600 bits per heavy atom. The number of rotatable bonds is 6. The lowest BCUT2D eigenvalue weighted by Crippen LogP contribution is -2.52. The molecule has 8 nitrogen and oxygen atoms in total. The first-order chi connectivity index (χ1) is 19.4. The van der Waals surface area contributed by atoms with E-state index in [1.165, 1.54) is 0 Å². The van der Waals surface area contributed by atoms with Crippen molar-refractivity contribution in [1.82, 2.24) is 18.7 Å². The van der Waals surface area contributed by atoms with Crippen molar-refractivity contribution in [2.75, 3.05) is 49.6 Å². The van der Waals surface area contributed by atoms with Crippen molar-refractivity contribution in [3.63, 3.8) is 0 Å². The van der Waals surface area contributed by atoms with Gasteiger partial charge in [0.2, 0.25) is 0 Å². The first-order valence-electron chi connectivity index (χ1n) is 15.3. The van der Waals surface area contributed by atoms with Crippen molar-refractivity contribution in [3.8, 4) is 0 Å². The first kappa shape index (κ1) is 27.2. The summed E-state index contributed by atoms with van der Waals surface area (Å²) in [4.78, 5) is 0. The van der Waals surface area contributed by atoms with E-state index < -0.39 is 15.2 Å². The molecule has 0 aromatic heterocycles. The molecule has 6 atom stereocenters. The Bertz CT molecular complexity index is 1200. The molecule has 0 bridgehead atoms. The van der Waals surface area contributed by atoms with E-state index in [1.54, 1.807) is 0 Å². The largest absolute Gasteiger partial charge is 0.311 e. The molecule has 4 aliphatic heterocycles. The predicted octanol–water partition coefficient (Wildman–Crippen LogP) is 6.35. The van der Waals surface area contributed by atoms with Gasteiger partial charge in [0.1, 0.15) is 0 Å². The molecule has 4 saturated heterocycles. The number of nitrogens with zero attached hydrogens (tertiary/aromatic N) is 6. The summed E-state index contributed by atoms with van der Waals surface area (Å²) in [6, 6.07) is 21.5. The maximum Gasteiger partial charge on any atom is 0.311 e. The van der Waals surface area contributed by atoms with E-state index in [4.69, 9.17) is 0 Å². The Labute approximate surface area is 240 Å². The monoisotopic (exact) mass is 582 g/mol. The second kappa shape index (κ2) is 10.6. The molecule has 0 radical (unpaired) electrons. The van der Waals surface area contributed by atoms with Gasteiger partial charge in [-0.1, -0.05) is 49.2 Å². The molecule has 1 aliphatic carbocycles. The molecule has 4 heterocycles. The number of benzene rings is 2. The fourth-order valence-corrected chi connectivity index (χ4v) is 15.3. The van der Waals surface area contributed by atoms with Gasteiger partial charge in [-0.2, -0.15) is 0 Å². The van der Waals surface area contributed by atoms with E-state index in [1.807, 2.05) is 12.1 Å². The Kier molecular flexibility index (Phi) is 7.18. The van der Waals surface area contributed by atoms with Gasteiger partial charge in [-0.05, 0) is 76.9 Å². The third-order valence-electron chi connectivity index (χ3n) is 10.3. The van der Waals surface area contributed by atoms with Crippen LogP contribution in [-0.4, -0.2) is 83.1 Å². The predicted molar refractivity (Wildman–Crippen MR) is 164 cm³/mol. The Morgan fingerprint density at radius 2 is 1.00 bits per heavy atom. The van der Waals surface area contributed by atoms with Gasteiger partial charge in [0, 0.05) is 61.7 Å². The van der Waals surface area contributed by atoms with Crippen LogP contribution in [0.15, 0.2) is 60.7 Å². The average Bonchev–Trinajstić information content (AvgIpc) is 3.77. The number of hydrogen-bond donors (Lipinski definition) is 0. The molecule has 10 heteroatoms. The van der Waals surface area contributed by atoms with Crippen LogP contribution >= 0.6 is 15.2 Å². The highest BCUT2D eigenvalue weighted by atomic mass is 31.2. The van der Waals surface area contributed by atoms with Crippen LogP contribution in [0.4, 0.5) is 11.4 Å². The zero-order chi connectivity index (χ0) is 27.5. The summed E-state index contributed by atoms with van der Waals surface area (Å²) >= 11 is 0. The Balaban J connectivity index is 1.25. The van der Waals surface area contributed by atoms with Gasteiger partial charge in [0.05, 0.1) is 0 Å². The second-order valence-electron chi connectivity index (χ2n) is 12.3. The van der Waals surface area contributed by atoms with Crippen LogP contribution < -0.4 is 9.34 Å². The summed E-state index contributed by atoms with van der Waals surface area (Å²) in [5.74, 6) is 0. The smallest absolute Gasteiger partial charge is 0.297 e. The molecule has 2 aromatic carbocycles. The van der Waals surface area contributed by atoms with Crippen LogP contribution in [0.5, 0.6) is 0 Å². The van der Waals surface area contributed by atoms with Gasteiger partial charge < -0.3 is 0 Å². The minimum absolute atomic E-state index is 0.0697. The highest BCUT2D eigenvalue weighted by Gasteiger charge is 2.59. The lowest BCUT2D eigenvalue weighted by molar-refractivity contribution is 0.159. The topological polar surface area (TPSA) is 53.6 Å². The molecule has 5 fully saturated rings. The second-order valence-corrected chi connectivity index (χ2v) is 17.7. The average molecular weight is 583 g/mol. The summed E-state index contributed by atoms with van der Waals surface area (Å²) in [6.07, 6.45) is 8.62. The van der Waals surface area contributed by atoms with Crippen molar-refractivity contribution in [3.05, 3.63) is 60.7 Å². The Morgan fingerprint density at radius 3 is 1.40 bits per heavy atom. The first-order valence-corrected chi connectivity index (χ1v) is 18.4. The lowest BCUT2D eigenvalue weighted by atomic mass is 9.90. The third-order valence-corrected chi connectivity index (χ3v) is 17.0. The van der Waals surface area contributed by atoms with Gasteiger partial charge >= 0.3 is 15.2 Å². The quantitative estimate of drug-likeness (QED) is 0.366. The maximum atomic E-state index is 15.5. The van der Waals surface area contributed by atoms with Crippen molar-refractivity contribution in [2.45, 2.75) is 75.5 Å². The summed E-state index contributed by atoms with van der Waals surface area (Å²) < 4.78 is 44.5. The minimum Gasteiger partial charge on any atom is -0.297 e. The molecule has 0 amide bonds. The van der Waals surface area contributed by atoms with E-state index in [-0.39, 0.29) is 12.1 Å². The zero-order valence-corrected chi connectivity index (χ0v) is 25.8. The van der Waals surface area contributed by atoms with Crippen molar-refractivity contribution < 1.29 is 9.13 Å². The van der Waals surface area contributed by atoms with Crippen LogP contribution in [0.2, 0.25) is 0 Å². The molecule has 5 aliphatic rings. The molecule has 2 unspecified atom stereocenters. The SMILES string of the molecule is CN([C@@H]1CCCC[C@H]1N(C)P1(=O)N(c2ccccc2)C[C@@H]2CCCN21)P1(=O)N(c2ccccc2)C[C@@H]2CCCN21. The highest BCUT2D eigenvalue weighted by molar-refractivity contribution is 7.61. The van der Waals surface area contributed by atoms with E-state index in [9.17, 15) is 0 Å². The number of para-hydroxylation sites is 2. The van der Waals surface area contributed by atoms with Gasteiger partial charge in [-0.15, -0.1) is 0 Å². The van der Waals surface area contributed by atoms with Gasteiger partial charge in [-0.3, -0.25) is 18.5 Å². The minimum atomic E-state index is -3.03.